The number of fused-ring (bicyclic) bond motifs is 7. The van der Waals surface area contributed by atoms with Crippen molar-refractivity contribution < 1.29 is 19.1 Å². The number of hydrogen-bond donors (Lipinski definition) is 2. The molecule has 6 heteroatoms. The summed E-state index contributed by atoms with van der Waals surface area (Å²) in [5.41, 5.74) is 16.7. The number of carbonyl (C=O) groups excluding carboxylic acids is 2. The highest BCUT2D eigenvalue weighted by molar-refractivity contribution is 5.76. The average molecular weight is 737 g/mol. The second-order valence-corrected chi connectivity index (χ2v) is 20.0. The van der Waals surface area contributed by atoms with E-state index >= 15 is 0 Å². The van der Waals surface area contributed by atoms with Crippen LogP contribution in [0.4, 0.5) is 0 Å². The van der Waals surface area contributed by atoms with Crippen molar-refractivity contribution in [2.45, 2.75) is 137 Å². The second-order valence-electron chi connectivity index (χ2n) is 20.0. The van der Waals surface area contributed by atoms with Gasteiger partial charge in [0.2, 0.25) is 0 Å². The summed E-state index contributed by atoms with van der Waals surface area (Å²) in [6, 6.07) is 18.7. The van der Waals surface area contributed by atoms with E-state index in [1.807, 2.05) is 60.7 Å². The van der Waals surface area contributed by atoms with Crippen LogP contribution in [0.25, 0.3) is 0 Å². The Bertz CT molecular complexity index is 1690. The lowest BCUT2D eigenvalue weighted by molar-refractivity contribution is -0.252. The maximum atomic E-state index is 13.4. The zero-order valence-electron chi connectivity index (χ0n) is 34.1. The van der Waals surface area contributed by atoms with E-state index in [-0.39, 0.29) is 45.1 Å². The monoisotopic (exact) mass is 737 g/mol. The largest absolute Gasteiger partial charge is 0.464 e. The lowest BCUT2D eigenvalue weighted by Gasteiger charge is -2.73. The van der Waals surface area contributed by atoms with Gasteiger partial charge in [-0.05, 0) is 141 Å². The van der Waals surface area contributed by atoms with Gasteiger partial charge in [-0.15, -0.1) is 0 Å². The number of carbonyl (C=O) groups is 2. The minimum Gasteiger partial charge on any atom is -0.464 e. The van der Waals surface area contributed by atoms with Crippen molar-refractivity contribution in [3.05, 3.63) is 83.9 Å². The summed E-state index contributed by atoms with van der Waals surface area (Å²) in [7, 11) is 0. The lowest BCUT2D eigenvalue weighted by Crippen LogP contribution is -2.67. The standard InChI is InChI=1S/C48H68N2O4/c1-31(2)34-20-25-48(30-53-42(51)36(49)28-32-14-10-8-11-15-32)27-26-46(6)35(41(34)48)18-19-39-45(5)23-22-40(44(3,4)38(45)21-24-47(39,46)7)54-43(52)37(50)29-33-16-12-9-13-17-33/h8-17,34-41H,1,18-30,49-50H2,2-7H3/t34-,35+,36-,37-,38-,39+,40-,41+,45-,46+,47+,48+/m0/s1. The van der Waals surface area contributed by atoms with E-state index in [0.29, 0.717) is 49.0 Å². The van der Waals surface area contributed by atoms with Crippen LogP contribution in [-0.2, 0) is 31.9 Å². The predicted molar refractivity (Wildman–Crippen MR) is 216 cm³/mol. The molecule has 2 aromatic carbocycles. The summed E-state index contributed by atoms with van der Waals surface area (Å²) < 4.78 is 12.6. The molecule has 0 saturated heterocycles. The first-order chi connectivity index (χ1) is 25.6. The van der Waals surface area contributed by atoms with E-state index in [0.717, 1.165) is 49.7 Å². The molecule has 0 unspecified atom stereocenters. The highest BCUT2D eigenvalue weighted by atomic mass is 16.5. The molecule has 294 valence electrons. The molecule has 54 heavy (non-hydrogen) atoms. The summed E-state index contributed by atoms with van der Waals surface area (Å²) in [5.74, 6) is 2.00. The quantitative estimate of drug-likeness (QED) is 0.186. The third-order valence-corrected chi connectivity index (χ3v) is 17.1. The van der Waals surface area contributed by atoms with E-state index < -0.39 is 12.1 Å². The van der Waals surface area contributed by atoms with E-state index in [2.05, 4.69) is 48.1 Å². The first kappa shape index (κ1) is 39.3. The summed E-state index contributed by atoms with van der Waals surface area (Å²) in [6.07, 6.45) is 12.1. The fourth-order valence-electron chi connectivity index (χ4n) is 14.2. The van der Waals surface area contributed by atoms with E-state index in [9.17, 15) is 9.59 Å². The Morgan fingerprint density at radius 1 is 0.722 bits per heavy atom. The molecule has 7 rings (SSSR count). The van der Waals surface area contributed by atoms with Crippen LogP contribution in [0.15, 0.2) is 72.8 Å². The van der Waals surface area contributed by atoms with Crippen LogP contribution in [0.3, 0.4) is 0 Å². The van der Waals surface area contributed by atoms with Crippen molar-refractivity contribution in [1.29, 1.82) is 0 Å². The van der Waals surface area contributed by atoms with Gasteiger partial charge in [0.25, 0.3) is 0 Å². The van der Waals surface area contributed by atoms with Crippen molar-refractivity contribution in [3.8, 4) is 0 Å². The Kier molecular flexibility index (Phi) is 10.6. The zero-order valence-corrected chi connectivity index (χ0v) is 34.1. The molecule has 5 aliphatic rings. The van der Waals surface area contributed by atoms with Gasteiger partial charge >= 0.3 is 11.9 Å². The lowest BCUT2D eigenvalue weighted by atomic mass is 9.32. The van der Waals surface area contributed by atoms with Gasteiger partial charge < -0.3 is 20.9 Å². The van der Waals surface area contributed by atoms with Gasteiger partial charge in [-0.1, -0.05) is 107 Å². The molecule has 0 aromatic heterocycles. The van der Waals surface area contributed by atoms with Crippen LogP contribution in [0, 0.1) is 56.7 Å². The molecular weight excluding hydrogens is 669 g/mol. The molecule has 5 saturated carbocycles. The van der Waals surface area contributed by atoms with Crippen LogP contribution in [-0.4, -0.2) is 36.7 Å². The Hall–Kier alpha value is -2.96. The molecular formula is C48H68N2O4. The molecule has 5 fully saturated rings. The molecule has 12 atom stereocenters. The summed E-state index contributed by atoms with van der Waals surface area (Å²) in [5, 5.41) is 0. The molecule has 0 bridgehead atoms. The summed E-state index contributed by atoms with van der Waals surface area (Å²) in [6.45, 7) is 19.9. The fraction of sp³-hybridized carbons (Fsp3) is 0.667. The Labute approximate surface area is 325 Å². The van der Waals surface area contributed by atoms with Gasteiger partial charge in [-0.3, -0.25) is 9.59 Å². The van der Waals surface area contributed by atoms with Gasteiger partial charge in [0.1, 0.15) is 18.2 Å². The third kappa shape index (κ3) is 6.49. The van der Waals surface area contributed by atoms with Gasteiger partial charge in [0.15, 0.2) is 0 Å². The fourth-order valence-corrected chi connectivity index (χ4v) is 14.2. The highest BCUT2D eigenvalue weighted by Crippen LogP contribution is 2.77. The summed E-state index contributed by atoms with van der Waals surface area (Å²) >= 11 is 0. The highest BCUT2D eigenvalue weighted by Gasteiger charge is 2.71. The number of nitrogens with two attached hydrogens (primary N) is 2. The van der Waals surface area contributed by atoms with Crippen LogP contribution in [0.2, 0.25) is 0 Å². The van der Waals surface area contributed by atoms with Gasteiger partial charge in [-0.2, -0.15) is 0 Å². The van der Waals surface area contributed by atoms with E-state index in [4.69, 9.17) is 20.9 Å². The Morgan fingerprint density at radius 3 is 1.94 bits per heavy atom. The van der Waals surface area contributed by atoms with Crippen LogP contribution < -0.4 is 11.5 Å². The van der Waals surface area contributed by atoms with E-state index in [1.54, 1.807) is 0 Å². The van der Waals surface area contributed by atoms with Crippen molar-refractivity contribution in [1.82, 2.24) is 0 Å². The number of hydrogen-bond acceptors (Lipinski definition) is 6. The van der Waals surface area contributed by atoms with Crippen LogP contribution in [0.1, 0.15) is 117 Å². The SMILES string of the molecule is C=C(C)[C@@H]1CC[C@]2(COC(=O)[C@@H](N)Cc3ccccc3)CC[C@]3(C)[C@H](CC[C@@H]4[C@@]5(C)CC[C@H](OC(=O)[C@@H](N)Cc6ccccc6)C(C)(C)[C@@H]5CC[C@]43C)[C@@H]12. The molecule has 0 radical (unpaired) electrons. The third-order valence-electron chi connectivity index (χ3n) is 17.1. The minimum atomic E-state index is -0.659. The van der Waals surface area contributed by atoms with Crippen molar-refractivity contribution >= 4 is 11.9 Å². The molecule has 0 aliphatic heterocycles. The smallest absolute Gasteiger partial charge is 0.323 e. The predicted octanol–water partition coefficient (Wildman–Crippen LogP) is 9.24. The number of rotatable bonds is 10. The Balaban J connectivity index is 1.08. The average Bonchev–Trinajstić information content (AvgIpc) is 3.53. The molecule has 6 nitrogen and oxygen atoms in total. The van der Waals surface area contributed by atoms with Crippen molar-refractivity contribution in [2.24, 2.45) is 68.1 Å². The zero-order chi connectivity index (χ0) is 38.7. The molecule has 0 amide bonds. The van der Waals surface area contributed by atoms with Gasteiger partial charge in [0.05, 0.1) is 6.61 Å². The molecule has 5 aliphatic carbocycles. The van der Waals surface area contributed by atoms with Crippen LogP contribution in [0.5, 0.6) is 0 Å². The molecule has 0 heterocycles. The number of benzene rings is 2. The van der Waals surface area contributed by atoms with Crippen LogP contribution >= 0.6 is 0 Å². The van der Waals surface area contributed by atoms with E-state index in [1.165, 1.54) is 31.3 Å². The van der Waals surface area contributed by atoms with Gasteiger partial charge in [-0.25, -0.2) is 0 Å². The summed E-state index contributed by atoms with van der Waals surface area (Å²) in [4.78, 5) is 26.8. The normalized spacial score (nSPS) is 39.1. The second kappa shape index (κ2) is 14.5. The molecule has 2 aromatic rings. The first-order valence-corrected chi connectivity index (χ1v) is 21.2. The molecule has 4 N–H and O–H groups in total. The maximum Gasteiger partial charge on any atom is 0.323 e. The topological polar surface area (TPSA) is 105 Å². The van der Waals surface area contributed by atoms with Crippen molar-refractivity contribution in [3.63, 3.8) is 0 Å². The Morgan fingerprint density at radius 2 is 1.33 bits per heavy atom. The number of allylic oxidation sites excluding steroid dienone is 1. The van der Waals surface area contributed by atoms with Gasteiger partial charge in [0, 0.05) is 10.8 Å². The molecule has 0 spiro atoms. The van der Waals surface area contributed by atoms with Crippen molar-refractivity contribution in [2.75, 3.05) is 6.61 Å². The first-order valence-electron chi connectivity index (χ1n) is 21.2. The number of esters is 2. The minimum absolute atomic E-state index is 0.0223. The maximum absolute atomic E-state index is 13.4. The number of ether oxygens (including phenoxy) is 2.